The van der Waals surface area contributed by atoms with E-state index in [2.05, 4.69) is 33.0 Å². The maximum atomic E-state index is 5.93. The van der Waals surface area contributed by atoms with Crippen molar-refractivity contribution in [3.05, 3.63) is 27.7 Å². The van der Waals surface area contributed by atoms with Crippen LogP contribution in [0.5, 0.6) is 0 Å². The molecule has 4 heteroatoms. The van der Waals surface area contributed by atoms with Crippen molar-refractivity contribution < 1.29 is 0 Å². The topological polar surface area (TPSA) is 12.0 Å². The lowest BCUT2D eigenvalue weighted by Crippen LogP contribution is -2.13. The van der Waals surface area contributed by atoms with E-state index in [0.29, 0.717) is 0 Å². The average Bonchev–Trinajstić information content (AvgIpc) is 2.73. The first-order chi connectivity index (χ1) is 7.25. The van der Waals surface area contributed by atoms with Crippen LogP contribution in [0.3, 0.4) is 0 Å². The van der Waals surface area contributed by atoms with Crippen LogP contribution >= 0.6 is 39.3 Å². The molecule has 0 saturated carbocycles. The molecule has 1 N–H and O–H groups in total. The Hall–Kier alpha value is 0.140. The maximum absolute atomic E-state index is 5.93. The summed E-state index contributed by atoms with van der Waals surface area (Å²) < 4.78 is 0.954. The number of hydrogen-bond acceptors (Lipinski definition) is 2. The van der Waals surface area contributed by atoms with Crippen LogP contribution in [0.1, 0.15) is 6.42 Å². The quantitative estimate of drug-likeness (QED) is 0.895. The highest BCUT2D eigenvalue weighted by molar-refractivity contribution is 9.10. The molecule has 0 amide bonds. The summed E-state index contributed by atoms with van der Waals surface area (Å²) in [5.74, 6) is 3.43. The molecular weight excluding hydrogens is 294 g/mol. The van der Waals surface area contributed by atoms with Gasteiger partial charge in [-0.05, 0) is 58.0 Å². The van der Waals surface area contributed by atoms with Gasteiger partial charge < -0.3 is 5.32 Å². The molecule has 0 aromatic heterocycles. The number of nitrogens with one attached hydrogen (secondary N) is 1. The van der Waals surface area contributed by atoms with Gasteiger partial charge in [-0.25, -0.2) is 0 Å². The Morgan fingerprint density at radius 1 is 1.53 bits per heavy atom. The zero-order valence-corrected chi connectivity index (χ0v) is 11.5. The number of halogens is 2. The van der Waals surface area contributed by atoms with Crippen molar-refractivity contribution in [2.75, 3.05) is 23.4 Å². The van der Waals surface area contributed by atoms with Gasteiger partial charge in [0.25, 0.3) is 0 Å². The lowest BCUT2D eigenvalue weighted by molar-refractivity contribution is 0.632. The van der Waals surface area contributed by atoms with Gasteiger partial charge in [-0.2, -0.15) is 11.8 Å². The number of anilines is 1. The van der Waals surface area contributed by atoms with Crippen molar-refractivity contribution in [3.63, 3.8) is 0 Å². The normalized spacial score (nSPS) is 20.5. The molecule has 2 rings (SSSR count). The molecule has 1 nitrogen and oxygen atoms in total. The highest BCUT2D eigenvalue weighted by atomic mass is 79.9. The molecular formula is C11H13BrClNS. The lowest BCUT2D eigenvalue weighted by atomic mass is 10.1. The molecule has 82 valence electrons. The molecule has 0 bridgehead atoms. The highest BCUT2D eigenvalue weighted by Crippen LogP contribution is 2.27. The second-order valence-electron chi connectivity index (χ2n) is 3.74. The third-order valence-electron chi connectivity index (χ3n) is 2.54. The van der Waals surface area contributed by atoms with Crippen molar-refractivity contribution >= 4 is 45.0 Å². The molecule has 0 spiro atoms. The minimum Gasteiger partial charge on any atom is -0.385 e. The first-order valence-corrected chi connectivity index (χ1v) is 7.35. The molecule has 1 fully saturated rings. The summed E-state index contributed by atoms with van der Waals surface area (Å²) in [5.41, 5.74) is 1.14. The standard InChI is InChI=1S/C11H13BrClNS/c12-10-5-9(1-2-11(10)13)14-6-8-3-4-15-7-8/h1-2,5,8,14H,3-4,6-7H2. The molecule has 1 aliphatic rings. The van der Waals surface area contributed by atoms with E-state index in [1.54, 1.807) is 0 Å². The van der Waals surface area contributed by atoms with E-state index in [1.807, 2.05) is 18.2 Å². The van der Waals surface area contributed by atoms with Crippen LogP contribution in [0.25, 0.3) is 0 Å². The molecule has 1 unspecified atom stereocenters. The van der Waals surface area contributed by atoms with E-state index in [-0.39, 0.29) is 0 Å². The minimum absolute atomic E-state index is 0.761. The van der Waals surface area contributed by atoms with Crippen LogP contribution in [0.15, 0.2) is 22.7 Å². The summed E-state index contributed by atoms with van der Waals surface area (Å²) in [7, 11) is 0. The van der Waals surface area contributed by atoms with Crippen LogP contribution < -0.4 is 5.32 Å². The highest BCUT2D eigenvalue weighted by Gasteiger charge is 2.14. The van der Waals surface area contributed by atoms with E-state index >= 15 is 0 Å². The van der Waals surface area contributed by atoms with E-state index in [9.17, 15) is 0 Å². The van der Waals surface area contributed by atoms with E-state index < -0.39 is 0 Å². The smallest absolute Gasteiger partial charge is 0.0549 e. The van der Waals surface area contributed by atoms with Gasteiger partial charge in [0.2, 0.25) is 0 Å². The summed E-state index contributed by atoms with van der Waals surface area (Å²) in [6, 6.07) is 5.97. The van der Waals surface area contributed by atoms with E-state index in [0.717, 1.165) is 27.6 Å². The van der Waals surface area contributed by atoms with Crippen LogP contribution in [0, 0.1) is 5.92 Å². The third kappa shape index (κ3) is 3.30. The Bertz CT molecular complexity index is 339. The Kier molecular flexibility index (Phi) is 4.23. The van der Waals surface area contributed by atoms with Gasteiger partial charge in [0.15, 0.2) is 0 Å². The van der Waals surface area contributed by atoms with Crippen molar-refractivity contribution in [1.82, 2.24) is 0 Å². The summed E-state index contributed by atoms with van der Waals surface area (Å²) in [6.45, 7) is 1.07. The maximum Gasteiger partial charge on any atom is 0.0549 e. The lowest BCUT2D eigenvalue weighted by Gasteiger charge is -2.11. The molecule has 0 radical (unpaired) electrons. The predicted octanol–water partition coefficient (Wildman–Crippen LogP) is 4.27. The largest absolute Gasteiger partial charge is 0.385 e. The Labute approximate surface area is 108 Å². The van der Waals surface area contributed by atoms with Gasteiger partial charge in [-0.3, -0.25) is 0 Å². The zero-order valence-electron chi connectivity index (χ0n) is 8.30. The van der Waals surface area contributed by atoms with Crippen LogP contribution in [0.4, 0.5) is 5.69 Å². The molecule has 1 aromatic rings. The minimum atomic E-state index is 0.761. The molecule has 1 atom stereocenters. The number of benzene rings is 1. The monoisotopic (exact) mass is 305 g/mol. The van der Waals surface area contributed by atoms with Gasteiger partial charge in [-0.15, -0.1) is 0 Å². The van der Waals surface area contributed by atoms with Crippen LogP contribution in [0.2, 0.25) is 5.02 Å². The SMILES string of the molecule is Clc1ccc(NCC2CCSC2)cc1Br. The van der Waals surface area contributed by atoms with E-state index in [1.165, 1.54) is 17.9 Å². The zero-order chi connectivity index (χ0) is 10.7. The van der Waals surface area contributed by atoms with Crippen LogP contribution in [-0.4, -0.2) is 18.1 Å². The number of rotatable bonds is 3. The molecule has 0 aliphatic carbocycles. The molecule has 15 heavy (non-hydrogen) atoms. The molecule has 1 saturated heterocycles. The van der Waals surface area contributed by atoms with Crippen molar-refractivity contribution in [3.8, 4) is 0 Å². The van der Waals surface area contributed by atoms with Crippen LogP contribution in [-0.2, 0) is 0 Å². The fourth-order valence-electron chi connectivity index (χ4n) is 1.61. The van der Waals surface area contributed by atoms with Gasteiger partial charge >= 0.3 is 0 Å². The fraction of sp³-hybridized carbons (Fsp3) is 0.455. The first kappa shape index (κ1) is 11.6. The summed E-state index contributed by atoms with van der Waals surface area (Å²) in [6.07, 6.45) is 1.34. The molecule has 1 aromatic carbocycles. The van der Waals surface area contributed by atoms with Gasteiger partial charge in [-0.1, -0.05) is 11.6 Å². The summed E-state index contributed by atoms with van der Waals surface area (Å²) in [5, 5.41) is 4.21. The predicted molar refractivity (Wildman–Crippen MR) is 73.1 cm³/mol. The Morgan fingerprint density at radius 3 is 3.07 bits per heavy atom. The van der Waals surface area contributed by atoms with Gasteiger partial charge in [0, 0.05) is 16.7 Å². The second kappa shape index (κ2) is 5.46. The third-order valence-corrected chi connectivity index (χ3v) is 4.98. The molecule has 1 heterocycles. The number of thioether (sulfide) groups is 1. The van der Waals surface area contributed by atoms with Gasteiger partial charge in [0.1, 0.15) is 0 Å². The van der Waals surface area contributed by atoms with Crippen molar-refractivity contribution in [2.45, 2.75) is 6.42 Å². The second-order valence-corrected chi connectivity index (χ2v) is 6.15. The number of hydrogen-bond donors (Lipinski definition) is 1. The van der Waals surface area contributed by atoms with Gasteiger partial charge in [0.05, 0.1) is 5.02 Å². The summed E-state index contributed by atoms with van der Waals surface area (Å²) in [4.78, 5) is 0. The Morgan fingerprint density at radius 2 is 2.40 bits per heavy atom. The van der Waals surface area contributed by atoms with Crippen molar-refractivity contribution in [1.29, 1.82) is 0 Å². The first-order valence-electron chi connectivity index (χ1n) is 5.02. The Balaban J connectivity index is 1.90. The van der Waals surface area contributed by atoms with Crippen molar-refractivity contribution in [2.24, 2.45) is 5.92 Å². The van der Waals surface area contributed by atoms with E-state index in [4.69, 9.17) is 11.6 Å². The summed E-state index contributed by atoms with van der Waals surface area (Å²) >= 11 is 11.4. The fourth-order valence-corrected chi connectivity index (χ4v) is 3.39. The average molecular weight is 307 g/mol. The molecule has 1 aliphatic heterocycles.